The molecule has 0 bridgehead atoms. The average Bonchev–Trinajstić information content (AvgIpc) is 3.23. The minimum Gasteiger partial charge on any atom is -0.456 e. The van der Waals surface area contributed by atoms with E-state index in [-0.39, 0.29) is 17.3 Å². The highest BCUT2D eigenvalue weighted by Crippen LogP contribution is 2.42. The minimum absolute atomic E-state index is 0.152. The van der Waals surface area contributed by atoms with E-state index in [4.69, 9.17) is 15.9 Å². The Morgan fingerprint density at radius 1 is 0.895 bits per heavy atom. The van der Waals surface area contributed by atoms with Gasteiger partial charge in [0.2, 0.25) is 0 Å². The fourth-order valence-corrected chi connectivity index (χ4v) is 4.51. The van der Waals surface area contributed by atoms with Crippen LogP contribution in [0, 0.1) is 5.41 Å². The fraction of sp³-hybridized carbons (Fsp3) is 0.233. The first kappa shape index (κ1) is 26.5. The number of nitrogens with zero attached hydrogens (tertiary/aromatic N) is 2. The Balaban J connectivity index is 2.04. The maximum Gasteiger partial charge on any atom is 0.346 e. The molecule has 0 aliphatic heterocycles. The van der Waals surface area contributed by atoms with Crippen molar-refractivity contribution in [2.75, 3.05) is 10.6 Å². The zero-order chi connectivity index (χ0) is 27.3. The molecule has 8 heteroatoms. The number of benzene rings is 3. The number of nitrogens with one attached hydrogen (secondary N) is 3. The molecule has 0 fully saturated rings. The van der Waals surface area contributed by atoms with E-state index in [1.54, 1.807) is 4.68 Å². The predicted octanol–water partition coefficient (Wildman–Crippen LogP) is 5.57. The van der Waals surface area contributed by atoms with E-state index in [0.717, 1.165) is 16.7 Å². The van der Waals surface area contributed by atoms with Crippen molar-refractivity contribution < 1.29 is 9.53 Å². The molecule has 0 aliphatic rings. The molecule has 0 saturated carbocycles. The number of ether oxygens (including phenoxy) is 1. The Morgan fingerprint density at radius 2 is 1.34 bits per heavy atom. The second-order valence-corrected chi connectivity index (χ2v) is 9.90. The van der Waals surface area contributed by atoms with Crippen LogP contribution in [0.2, 0.25) is 0 Å². The number of carbonyl (C=O) groups is 1. The van der Waals surface area contributed by atoms with Gasteiger partial charge in [-0.3, -0.25) is 5.41 Å². The molecule has 1 heterocycles. The summed E-state index contributed by atoms with van der Waals surface area (Å²) >= 11 is 0. The highest BCUT2D eigenvalue weighted by atomic mass is 16.6. The molecule has 0 unspecified atom stereocenters. The highest BCUT2D eigenvalue weighted by molar-refractivity contribution is 6.04. The third kappa shape index (κ3) is 5.39. The molecule has 0 saturated heterocycles. The van der Waals surface area contributed by atoms with Crippen LogP contribution < -0.4 is 16.4 Å². The van der Waals surface area contributed by atoms with E-state index in [2.05, 4.69) is 52.1 Å². The van der Waals surface area contributed by atoms with Crippen molar-refractivity contribution in [1.82, 2.24) is 9.78 Å². The van der Waals surface area contributed by atoms with Crippen molar-refractivity contribution in [3.8, 4) is 0 Å². The van der Waals surface area contributed by atoms with Gasteiger partial charge in [-0.05, 0) is 44.4 Å². The summed E-state index contributed by atoms with van der Waals surface area (Å²) in [4.78, 5) is 13.6. The zero-order valence-corrected chi connectivity index (χ0v) is 22.2. The number of carbonyl (C=O) groups excluding carboxylic acids is 1. The second-order valence-electron chi connectivity index (χ2n) is 9.90. The maximum atomic E-state index is 13.6. The van der Waals surface area contributed by atoms with Crippen LogP contribution in [0.3, 0.4) is 0 Å². The number of aryl methyl sites for hydroxylation is 1. The van der Waals surface area contributed by atoms with Crippen molar-refractivity contribution >= 4 is 23.6 Å². The van der Waals surface area contributed by atoms with Crippen LogP contribution in [-0.2, 0) is 16.8 Å². The molecule has 0 spiro atoms. The minimum atomic E-state index is -0.902. The molecule has 0 radical (unpaired) electrons. The van der Waals surface area contributed by atoms with Gasteiger partial charge in [0.15, 0.2) is 11.8 Å². The van der Waals surface area contributed by atoms with Crippen LogP contribution in [-0.4, -0.2) is 27.3 Å². The van der Waals surface area contributed by atoms with Gasteiger partial charge in [-0.1, -0.05) is 91.0 Å². The van der Waals surface area contributed by atoms with Crippen molar-refractivity contribution in [3.63, 3.8) is 0 Å². The molecule has 38 heavy (non-hydrogen) atoms. The Labute approximate surface area is 223 Å². The summed E-state index contributed by atoms with van der Waals surface area (Å²) in [6, 6.07) is 30.2. The first-order valence-corrected chi connectivity index (χ1v) is 12.6. The van der Waals surface area contributed by atoms with E-state index in [0.29, 0.717) is 12.4 Å². The van der Waals surface area contributed by atoms with Gasteiger partial charge in [0, 0.05) is 6.54 Å². The van der Waals surface area contributed by atoms with Crippen molar-refractivity contribution in [1.29, 1.82) is 5.41 Å². The van der Waals surface area contributed by atoms with Crippen LogP contribution in [0.25, 0.3) is 0 Å². The van der Waals surface area contributed by atoms with Crippen LogP contribution in [0.4, 0.5) is 11.6 Å². The van der Waals surface area contributed by atoms with Gasteiger partial charge in [-0.25, -0.2) is 9.48 Å². The number of guanidine groups is 1. The lowest BCUT2D eigenvalue weighted by atomic mass is 9.77. The Bertz CT molecular complexity index is 1300. The van der Waals surface area contributed by atoms with Crippen molar-refractivity contribution in [3.05, 3.63) is 113 Å². The third-order valence-corrected chi connectivity index (χ3v) is 6.03. The zero-order valence-electron chi connectivity index (χ0n) is 22.2. The van der Waals surface area contributed by atoms with Crippen LogP contribution >= 0.6 is 0 Å². The van der Waals surface area contributed by atoms with Gasteiger partial charge in [0.1, 0.15) is 22.5 Å². The van der Waals surface area contributed by atoms with Crippen molar-refractivity contribution in [2.24, 2.45) is 5.73 Å². The number of anilines is 2. The molecule has 1 aromatic heterocycles. The normalized spacial score (nSPS) is 11.6. The summed E-state index contributed by atoms with van der Waals surface area (Å²) < 4.78 is 7.48. The molecular formula is C30H34N6O2. The summed E-state index contributed by atoms with van der Waals surface area (Å²) in [5.41, 5.74) is 7.11. The largest absolute Gasteiger partial charge is 0.456 e. The van der Waals surface area contributed by atoms with Crippen molar-refractivity contribution in [2.45, 2.75) is 45.4 Å². The molecule has 4 rings (SSSR count). The molecule has 196 valence electrons. The summed E-state index contributed by atoms with van der Waals surface area (Å²) in [5.74, 6) is -0.310. The SMILES string of the molecule is CCn1nc(NC(=N)N)c(C(=O)OC(C)(C)C)c1NC(c1ccccc1)(c1ccccc1)c1ccccc1. The molecule has 5 N–H and O–H groups in total. The second kappa shape index (κ2) is 10.8. The first-order valence-electron chi connectivity index (χ1n) is 12.6. The van der Waals surface area contributed by atoms with Gasteiger partial charge in [-0.15, -0.1) is 0 Å². The number of esters is 1. The number of hydrogen-bond acceptors (Lipinski definition) is 5. The maximum absolute atomic E-state index is 13.6. The summed E-state index contributed by atoms with van der Waals surface area (Å²) in [6.07, 6.45) is 0. The van der Waals surface area contributed by atoms with E-state index < -0.39 is 17.1 Å². The average molecular weight is 511 g/mol. The number of hydrogen-bond donors (Lipinski definition) is 4. The van der Waals surface area contributed by atoms with Gasteiger partial charge >= 0.3 is 5.97 Å². The Hall–Kier alpha value is -4.59. The lowest BCUT2D eigenvalue weighted by Crippen LogP contribution is -2.39. The van der Waals surface area contributed by atoms with E-state index in [1.165, 1.54) is 0 Å². The number of rotatable bonds is 8. The predicted molar refractivity (Wildman–Crippen MR) is 151 cm³/mol. The molecular weight excluding hydrogens is 476 g/mol. The third-order valence-electron chi connectivity index (χ3n) is 6.03. The van der Waals surface area contributed by atoms with Crippen LogP contribution in [0.5, 0.6) is 0 Å². The summed E-state index contributed by atoms with van der Waals surface area (Å²) in [6.45, 7) is 7.81. The van der Waals surface area contributed by atoms with E-state index >= 15 is 0 Å². The molecule has 0 aliphatic carbocycles. The number of aromatic nitrogens is 2. The molecule has 0 amide bonds. The molecule has 3 aromatic carbocycles. The monoisotopic (exact) mass is 510 g/mol. The fourth-order valence-electron chi connectivity index (χ4n) is 4.51. The standard InChI is InChI=1S/C30H34N6O2/c1-5-36-26(24(25(35-36)33-28(31)32)27(37)38-29(2,3)4)34-30(21-15-9-6-10-16-21,22-17-11-7-12-18-22)23-19-13-8-14-20-23/h6-20,34H,5H2,1-4H3,(H4,31,32,33,35). The van der Waals surface area contributed by atoms with Gasteiger partial charge in [0.25, 0.3) is 0 Å². The van der Waals surface area contributed by atoms with Gasteiger partial charge < -0.3 is 21.1 Å². The smallest absolute Gasteiger partial charge is 0.346 e. The van der Waals surface area contributed by atoms with Crippen LogP contribution in [0.15, 0.2) is 91.0 Å². The van der Waals surface area contributed by atoms with Crippen LogP contribution in [0.1, 0.15) is 54.7 Å². The molecule has 0 atom stereocenters. The Morgan fingerprint density at radius 3 is 1.71 bits per heavy atom. The lowest BCUT2D eigenvalue weighted by Gasteiger charge is -2.38. The molecule has 8 nitrogen and oxygen atoms in total. The first-order chi connectivity index (χ1) is 18.2. The topological polar surface area (TPSA) is 118 Å². The van der Waals surface area contributed by atoms with Gasteiger partial charge in [0.05, 0.1) is 0 Å². The lowest BCUT2D eigenvalue weighted by molar-refractivity contribution is 0.00717. The van der Waals surface area contributed by atoms with E-state index in [9.17, 15) is 4.79 Å². The van der Waals surface area contributed by atoms with E-state index in [1.807, 2.05) is 82.3 Å². The highest BCUT2D eigenvalue weighted by Gasteiger charge is 2.40. The molecule has 4 aromatic rings. The summed E-state index contributed by atoms with van der Waals surface area (Å²) in [7, 11) is 0. The summed E-state index contributed by atoms with van der Waals surface area (Å²) in [5, 5.41) is 18.9. The number of nitrogens with two attached hydrogens (primary N) is 1. The Kier molecular flexibility index (Phi) is 7.52. The quantitative estimate of drug-likeness (QED) is 0.107. The van der Waals surface area contributed by atoms with Gasteiger partial charge in [-0.2, -0.15) is 5.10 Å².